The molecule has 7 nitrogen and oxygen atoms in total. The minimum atomic E-state index is -3.74. The van der Waals surface area contributed by atoms with Crippen molar-refractivity contribution in [1.82, 2.24) is 5.01 Å². The number of anilines is 1. The third-order valence-electron chi connectivity index (χ3n) is 7.35. The number of benzene rings is 1. The molecule has 0 aromatic heterocycles. The number of nitrogens with zero attached hydrogens (tertiary/aromatic N) is 2. The molecule has 1 aromatic carbocycles. The second-order valence-electron chi connectivity index (χ2n) is 10.0. The van der Waals surface area contributed by atoms with Crippen LogP contribution in [0.4, 0.5) is 5.69 Å². The molecule has 1 spiro atoms. The predicted octanol–water partition coefficient (Wildman–Crippen LogP) is 4.48. The van der Waals surface area contributed by atoms with Gasteiger partial charge >= 0.3 is 0 Å². The van der Waals surface area contributed by atoms with Gasteiger partial charge in [-0.25, -0.2) is 14.3 Å². The first-order chi connectivity index (χ1) is 16.2. The highest BCUT2D eigenvalue weighted by molar-refractivity contribution is 7.95. The summed E-state index contributed by atoms with van der Waals surface area (Å²) in [5.74, 6) is 6.47. The fourth-order valence-electron chi connectivity index (χ4n) is 5.48. The SMILES string of the molecule is CCCCC/C(=C(/CC)N(N)CC(C)N)S(=O)(=O)c1ccc(N2CCC3(CCCC3)C2=O)cc1. The summed E-state index contributed by atoms with van der Waals surface area (Å²) in [4.78, 5) is 15.6. The number of hydrazine groups is 1. The largest absolute Gasteiger partial charge is 0.326 e. The predicted molar refractivity (Wildman–Crippen MR) is 138 cm³/mol. The molecule has 1 amide bonds. The number of carbonyl (C=O) groups is 1. The van der Waals surface area contributed by atoms with Crippen molar-refractivity contribution in [3.05, 3.63) is 34.9 Å². The number of rotatable bonds is 11. The van der Waals surface area contributed by atoms with Crippen LogP contribution in [0.2, 0.25) is 0 Å². The fourth-order valence-corrected chi connectivity index (χ4v) is 7.24. The molecule has 34 heavy (non-hydrogen) atoms. The van der Waals surface area contributed by atoms with Crippen LogP contribution < -0.4 is 16.5 Å². The highest BCUT2D eigenvalue weighted by Crippen LogP contribution is 2.47. The summed E-state index contributed by atoms with van der Waals surface area (Å²) in [5.41, 5.74) is 7.13. The van der Waals surface area contributed by atoms with Gasteiger partial charge in [-0.3, -0.25) is 4.79 Å². The van der Waals surface area contributed by atoms with Crippen molar-refractivity contribution in [1.29, 1.82) is 0 Å². The quantitative estimate of drug-likeness (QED) is 0.269. The van der Waals surface area contributed by atoms with Crippen molar-refractivity contribution in [2.75, 3.05) is 18.0 Å². The second-order valence-corrected chi connectivity index (χ2v) is 12.0. The van der Waals surface area contributed by atoms with Crippen LogP contribution in [0.15, 0.2) is 39.8 Å². The van der Waals surface area contributed by atoms with Gasteiger partial charge in [0.15, 0.2) is 0 Å². The van der Waals surface area contributed by atoms with Gasteiger partial charge in [-0.15, -0.1) is 0 Å². The average Bonchev–Trinajstić information content (AvgIpc) is 3.40. The number of amides is 1. The van der Waals surface area contributed by atoms with Crippen molar-refractivity contribution in [2.24, 2.45) is 17.0 Å². The van der Waals surface area contributed by atoms with E-state index in [-0.39, 0.29) is 22.3 Å². The Bertz CT molecular complexity index is 980. The molecule has 1 atom stereocenters. The Morgan fingerprint density at radius 2 is 1.76 bits per heavy atom. The van der Waals surface area contributed by atoms with Gasteiger partial charge in [-0.1, -0.05) is 39.5 Å². The maximum absolute atomic E-state index is 13.8. The third-order valence-corrected chi connectivity index (χ3v) is 9.33. The van der Waals surface area contributed by atoms with E-state index in [0.29, 0.717) is 36.5 Å². The summed E-state index contributed by atoms with van der Waals surface area (Å²) < 4.78 is 27.5. The van der Waals surface area contributed by atoms with Gasteiger partial charge in [-0.2, -0.15) is 0 Å². The highest BCUT2D eigenvalue weighted by atomic mass is 32.2. The molecule has 0 bridgehead atoms. The summed E-state index contributed by atoms with van der Waals surface area (Å²) in [7, 11) is -3.74. The van der Waals surface area contributed by atoms with Crippen molar-refractivity contribution in [3.63, 3.8) is 0 Å². The number of nitrogens with two attached hydrogens (primary N) is 2. The fraction of sp³-hybridized carbons (Fsp3) is 0.654. The Hall–Kier alpha value is -1.90. The molecule has 0 radical (unpaired) electrons. The van der Waals surface area contributed by atoms with E-state index < -0.39 is 9.84 Å². The lowest BCUT2D eigenvalue weighted by atomic mass is 9.85. The van der Waals surface area contributed by atoms with Gasteiger partial charge in [0, 0.05) is 30.5 Å². The lowest BCUT2D eigenvalue weighted by Crippen LogP contribution is -2.40. The molecule has 1 saturated heterocycles. The molecule has 1 aromatic rings. The van der Waals surface area contributed by atoms with Gasteiger partial charge < -0.3 is 15.6 Å². The van der Waals surface area contributed by atoms with E-state index in [1.54, 1.807) is 24.3 Å². The second kappa shape index (κ2) is 11.2. The Balaban J connectivity index is 1.90. The molecule has 190 valence electrons. The van der Waals surface area contributed by atoms with Gasteiger partial charge in [0.05, 0.1) is 15.2 Å². The number of hydrogen-bond acceptors (Lipinski definition) is 6. The number of carbonyl (C=O) groups excluding carboxylic acids is 1. The van der Waals surface area contributed by atoms with Crippen molar-refractivity contribution in [3.8, 4) is 0 Å². The third kappa shape index (κ3) is 5.50. The summed E-state index contributed by atoms with van der Waals surface area (Å²) in [6.45, 7) is 6.96. The Morgan fingerprint density at radius 1 is 1.12 bits per heavy atom. The molecule has 1 unspecified atom stereocenters. The van der Waals surface area contributed by atoms with E-state index >= 15 is 0 Å². The number of unbranched alkanes of at least 4 members (excludes halogenated alkanes) is 2. The minimum Gasteiger partial charge on any atom is -0.326 e. The zero-order valence-corrected chi connectivity index (χ0v) is 21.9. The molecule has 1 saturated carbocycles. The average molecular weight is 491 g/mol. The van der Waals surface area contributed by atoms with Crippen LogP contribution in [-0.4, -0.2) is 38.5 Å². The van der Waals surface area contributed by atoms with Crippen LogP contribution in [-0.2, 0) is 14.6 Å². The van der Waals surface area contributed by atoms with E-state index in [9.17, 15) is 13.2 Å². The number of sulfone groups is 1. The minimum absolute atomic E-state index is 0.174. The van der Waals surface area contributed by atoms with Crippen molar-refractivity contribution < 1.29 is 13.2 Å². The summed E-state index contributed by atoms with van der Waals surface area (Å²) in [6, 6.07) is 6.65. The monoisotopic (exact) mass is 490 g/mol. The summed E-state index contributed by atoms with van der Waals surface area (Å²) >= 11 is 0. The molecule has 1 aliphatic heterocycles. The standard InChI is InChI=1S/C26H42N4O3S/c1-4-6-7-10-24(23(5-2)30(28)19-20(3)27)34(32,33)22-13-11-21(12-14-22)29-18-17-26(25(29)31)15-8-9-16-26/h11-14,20H,4-10,15-19,27-28H2,1-3H3/b24-23+. The van der Waals surface area contributed by atoms with E-state index in [4.69, 9.17) is 11.6 Å². The molecule has 3 rings (SSSR count). The van der Waals surface area contributed by atoms with Crippen LogP contribution in [0.5, 0.6) is 0 Å². The van der Waals surface area contributed by atoms with Crippen LogP contribution >= 0.6 is 0 Å². The smallest absolute Gasteiger partial charge is 0.233 e. The first-order valence-corrected chi connectivity index (χ1v) is 14.3. The molecule has 8 heteroatoms. The zero-order valence-electron chi connectivity index (χ0n) is 21.1. The van der Waals surface area contributed by atoms with Gasteiger partial charge in [0.25, 0.3) is 0 Å². The summed E-state index contributed by atoms with van der Waals surface area (Å²) in [6.07, 6.45) is 8.75. The lowest BCUT2D eigenvalue weighted by molar-refractivity contribution is -0.125. The Labute approximate surface area is 205 Å². The normalized spacial score (nSPS) is 19.6. The van der Waals surface area contributed by atoms with Gasteiger partial charge in [0.1, 0.15) is 0 Å². The highest BCUT2D eigenvalue weighted by Gasteiger charge is 2.48. The molecule has 1 heterocycles. The molecule has 1 aliphatic carbocycles. The van der Waals surface area contributed by atoms with E-state index in [1.165, 1.54) is 5.01 Å². The first-order valence-electron chi connectivity index (χ1n) is 12.8. The number of allylic oxidation sites excluding steroid dienone is 2. The lowest BCUT2D eigenvalue weighted by Gasteiger charge is -2.26. The molecule has 4 N–H and O–H groups in total. The van der Waals surface area contributed by atoms with Crippen LogP contribution in [0.3, 0.4) is 0 Å². The van der Waals surface area contributed by atoms with Gasteiger partial charge in [-0.05, 0) is 69.7 Å². The topological polar surface area (TPSA) is 110 Å². The van der Waals surface area contributed by atoms with E-state index in [1.807, 2.05) is 18.7 Å². The zero-order chi connectivity index (χ0) is 24.9. The summed E-state index contributed by atoms with van der Waals surface area (Å²) in [5, 5.41) is 1.50. The number of hydrogen-bond donors (Lipinski definition) is 2. The van der Waals surface area contributed by atoms with Crippen LogP contribution in [0.25, 0.3) is 0 Å². The van der Waals surface area contributed by atoms with Crippen molar-refractivity contribution in [2.45, 2.75) is 95.9 Å². The van der Waals surface area contributed by atoms with Crippen LogP contribution in [0, 0.1) is 5.41 Å². The van der Waals surface area contributed by atoms with Gasteiger partial charge in [0.2, 0.25) is 15.7 Å². The van der Waals surface area contributed by atoms with E-state index in [2.05, 4.69) is 6.92 Å². The molecule has 2 aliphatic rings. The maximum Gasteiger partial charge on any atom is 0.233 e. The first kappa shape index (κ1) is 26.7. The Morgan fingerprint density at radius 3 is 2.32 bits per heavy atom. The molecular weight excluding hydrogens is 448 g/mol. The van der Waals surface area contributed by atoms with Crippen LogP contribution in [0.1, 0.15) is 85.0 Å². The van der Waals surface area contributed by atoms with Crippen molar-refractivity contribution >= 4 is 21.4 Å². The molecular formula is C26H42N4O3S. The maximum atomic E-state index is 13.8. The van der Waals surface area contributed by atoms with E-state index in [0.717, 1.165) is 57.1 Å². The Kier molecular flexibility index (Phi) is 8.82. The molecule has 2 fully saturated rings.